The van der Waals surface area contributed by atoms with Crippen molar-refractivity contribution in [3.05, 3.63) is 45.2 Å². The molecule has 2 aromatic rings. The van der Waals surface area contributed by atoms with Crippen molar-refractivity contribution in [2.24, 2.45) is 0 Å². The second-order valence-corrected chi connectivity index (χ2v) is 4.50. The molecule has 0 amide bonds. The smallest absolute Gasteiger partial charge is 0.233 e. The van der Waals surface area contributed by atoms with Crippen LogP contribution in [0.2, 0.25) is 0 Å². The fourth-order valence-electron chi connectivity index (χ4n) is 1.70. The number of carbonyl (C=O) groups excluding carboxylic acids is 1. The average Bonchev–Trinajstić information content (AvgIpc) is 2.73. The Morgan fingerprint density at radius 1 is 1.25 bits per heavy atom. The SMILES string of the molecule is Cc1oc(C)c(C(=O)c2occc2Br)c1C. The van der Waals surface area contributed by atoms with Gasteiger partial charge in [0.05, 0.1) is 16.3 Å². The number of furan rings is 2. The summed E-state index contributed by atoms with van der Waals surface area (Å²) in [6.07, 6.45) is 1.48. The monoisotopic (exact) mass is 282 g/mol. The quantitative estimate of drug-likeness (QED) is 0.787. The molecule has 0 unspecified atom stereocenters. The number of aryl methyl sites for hydroxylation is 2. The molecule has 0 aromatic carbocycles. The van der Waals surface area contributed by atoms with Crippen LogP contribution < -0.4 is 0 Å². The van der Waals surface area contributed by atoms with E-state index in [4.69, 9.17) is 8.83 Å². The standard InChI is InChI=1S/C12H11BrO3/c1-6-7(2)16-8(3)10(6)11(14)12-9(13)4-5-15-12/h4-5H,1-3H3. The van der Waals surface area contributed by atoms with Gasteiger partial charge in [-0.15, -0.1) is 0 Å². The Kier molecular flexibility index (Phi) is 2.76. The summed E-state index contributed by atoms with van der Waals surface area (Å²) in [5, 5.41) is 0. The van der Waals surface area contributed by atoms with E-state index >= 15 is 0 Å². The van der Waals surface area contributed by atoms with Crippen molar-refractivity contribution >= 4 is 21.7 Å². The average molecular weight is 283 g/mol. The van der Waals surface area contributed by atoms with Crippen LogP contribution in [-0.4, -0.2) is 5.78 Å². The molecular formula is C12H11BrO3. The van der Waals surface area contributed by atoms with E-state index in [1.54, 1.807) is 13.0 Å². The molecule has 2 heterocycles. The van der Waals surface area contributed by atoms with E-state index in [0.717, 1.165) is 11.3 Å². The van der Waals surface area contributed by atoms with Crippen molar-refractivity contribution in [3.8, 4) is 0 Å². The summed E-state index contributed by atoms with van der Waals surface area (Å²) in [7, 11) is 0. The van der Waals surface area contributed by atoms with Crippen LogP contribution in [0.25, 0.3) is 0 Å². The maximum absolute atomic E-state index is 12.2. The summed E-state index contributed by atoms with van der Waals surface area (Å²) in [6.45, 7) is 5.50. The minimum atomic E-state index is -0.149. The second-order valence-electron chi connectivity index (χ2n) is 3.64. The van der Waals surface area contributed by atoms with E-state index in [0.29, 0.717) is 21.6 Å². The zero-order valence-electron chi connectivity index (χ0n) is 9.26. The molecule has 0 aliphatic carbocycles. The van der Waals surface area contributed by atoms with Gasteiger partial charge in [-0.1, -0.05) is 0 Å². The first kappa shape index (κ1) is 11.2. The third-order valence-corrected chi connectivity index (χ3v) is 3.24. The molecule has 0 fully saturated rings. The zero-order chi connectivity index (χ0) is 11.9. The van der Waals surface area contributed by atoms with Gasteiger partial charge in [0.1, 0.15) is 11.5 Å². The van der Waals surface area contributed by atoms with Gasteiger partial charge in [0.15, 0.2) is 5.76 Å². The normalized spacial score (nSPS) is 10.8. The molecule has 0 aliphatic heterocycles. The predicted octanol–water partition coefficient (Wildman–Crippen LogP) is 3.79. The van der Waals surface area contributed by atoms with E-state index in [1.807, 2.05) is 13.8 Å². The molecule has 0 atom stereocenters. The Balaban J connectivity index is 2.54. The molecule has 2 aromatic heterocycles. The summed E-state index contributed by atoms with van der Waals surface area (Å²) in [4.78, 5) is 12.2. The maximum atomic E-state index is 12.2. The number of ketones is 1. The molecular weight excluding hydrogens is 272 g/mol. The van der Waals surface area contributed by atoms with Gasteiger partial charge < -0.3 is 8.83 Å². The summed E-state index contributed by atoms with van der Waals surface area (Å²) in [6, 6.07) is 1.70. The lowest BCUT2D eigenvalue weighted by Crippen LogP contribution is -2.03. The summed E-state index contributed by atoms with van der Waals surface area (Å²) < 4.78 is 11.3. The van der Waals surface area contributed by atoms with Crippen molar-refractivity contribution in [1.29, 1.82) is 0 Å². The number of hydrogen-bond acceptors (Lipinski definition) is 3. The third kappa shape index (κ3) is 1.63. The Bertz CT molecular complexity index is 549. The molecule has 3 nitrogen and oxygen atoms in total. The zero-order valence-corrected chi connectivity index (χ0v) is 10.8. The van der Waals surface area contributed by atoms with Crippen LogP contribution >= 0.6 is 15.9 Å². The predicted molar refractivity (Wildman–Crippen MR) is 62.8 cm³/mol. The van der Waals surface area contributed by atoms with Crippen molar-refractivity contribution < 1.29 is 13.6 Å². The number of halogens is 1. The fraction of sp³-hybridized carbons (Fsp3) is 0.250. The van der Waals surface area contributed by atoms with Crippen molar-refractivity contribution in [1.82, 2.24) is 0 Å². The van der Waals surface area contributed by atoms with Crippen LogP contribution in [0.1, 0.15) is 33.2 Å². The highest BCUT2D eigenvalue weighted by atomic mass is 79.9. The third-order valence-electron chi connectivity index (χ3n) is 2.61. The topological polar surface area (TPSA) is 43.4 Å². The molecule has 84 valence electrons. The largest absolute Gasteiger partial charge is 0.466 e. The van der Waals surface area contributed by atoms with E-state index in [9.17, 15) is 4.79 Å². The second kappa shape index (κ2) is 3.94. The summed E-state index contributed by atoms with van der Waals surface area (Å²) in [5.74, 6) is 1.56. The van der Waals surface area contributed by atoms with E-state index in [2.05, 4.69) is 15.9 Å². The Morgan fingerprint density at radius 3 is 2.38 bits per heavy atom. The van der Waals surface area contributed by atoms with Crippen molar-refractivity contribution in [3.63, 3.8) is 0 Å². The summed E-state index contributed by atoms with van der Waals surface area (Å²) in [5.41, 5.74) is 1.46. The minimum Gasteiger partial charge on any atom is -0.466 e. The number of hydrogen-bond donors (Lipinski definition) is 0. The van der Waals surface area contributed by atoms with Gasteiger partial charge in [-0.25, -0.2) is 0 Å². The lowest BCUT2D eigenvalue weighted by atomic mass is 10.0. The number of rotatable bonds is 2. The van der Waals surface area contributed by atoms with E-state index in [-0.39, 0.29) is 5.78 Å². The first-order chi connectivity index (χ1) is 7.52. The first-order valence-electron chi connectivity index (χ1n) is 4.86. The lowest BCUT2D eigenvalue weighted by Gasteiger charge is -1.98. The molecule has 0 bridgehead atoms. The molecule has 0 N–H and O–H groups in total. The molecule has 0 spiro atoms. The van der Waals surface area contributed by atoms with Crippen LogP contribution in [0, 0.1) is 20.8 Å². The summed E-state index contributed by atoms with van der Waals surface area (Å²) >= 11 is 3.27. The Hall–Kier alpha value is -1.29. The minimum absolute atomic E-state index is 0.149. The van der Waals surface area contributed by atoms with Gasteiger partial charge in [-0.3, -0.25) is 4.79 Å². The van der Waals surface area contributed by atoms with Gasteiger partial charge in [-0.2, -0.15) is 0 Å². The molecule has 0 radical (unpaired) electrons. The molecule has 0 aliphatic rings. The van der Waals surface area contributed by atoms with Gasteiger partial charge >= 0.3 is 0 Å². The highest BCUT2D eigenvalue weighted by Crippen LogP contribution is 2.27. The van der Waals surface area contributed by atoms with E-state index in [1.165, 1.54) is 6.26 Å². The Morgan fingerprint density at radius 2 is 1.94 bits per heavy atom. The fourth-order valence-corrected chi connectivity index (χ4v) is 2.08. The molecule has 0 saturated heterocycles. The van der Waals surface area contributed by atoms with E-state index < -0.39 is 0 Å². The van der Waals surface area contributed by atoms with Gasteiger partial charge in [0.2, 0.25) is 5.78 Å². The highest BCUT2D eigenvalue weighted by Gasteiger charge is 2.23. The van der Waals surface area contributed by atoms with Crippen LogP contribution in [0.15, 0.2) is 25.6 Å². The highest BCUT2D eigenvalue weighted by molar-refractivity contribution is 9.10. The van der Waals surface area contributed by atoms with Crippen molar-refractivity contribution in [2.75, 3.05) is 0 Å². The lowest BCUT2D eigenvalue weighted by molar-refractivity contribution is 0.101. The van der Waals surface area contributed by atoms with Crippen LogP contribution in [0.4, 0.5) is 0 Å². The molecule has 16 heavy (non-hydrogen) atoms. The van der Waals surface area contributed by atoms with Gasteiger partial charge in [-0.05, 0) is 42.8 Å². The molecule has 2 rings (SSSR count). The number of carbonyl (C=O) groups is 1. The van der Waals surface area contributed by atoms with Crippen LogP contribution in [0.5, 0.6) is 0 Å². The van der Waals surface area contributed by atoms with Gasteiger partial charge in [0, 0.05) is 5.56 Å². The van der Waals surface area contributed by atoms with Crippen LogP contribution in [0.3, 0.4) is 0 Å². The van der Waals surface area contributed by atoms with Crippen molar-refractivity contribution in [2.45, 2.75) is 20.8 Å². The molecule has 0 saturated carbocycles. The maximum Gasteiger partial charge on any atom is 0.233 e. The first-order valence-corrected chi connectivity index (χ1v) is 5.66. The Labute approximate surface area is 102 Å². The van der Waals surface area contributed by atoms with Gasteiger partial charge in [0.25, 0.3) is 0 Å². The van der Waals surface area contributed by atoms with Crippen LogP contribution in [-0.2, 0) is 0 Å². The molecule has 4 heteroatoms.